The van der Waals surface area contributed by atoms with Gasteiger partial charge in [0.05, 0.1) is 13.2 Å². The van der Waals surface area contributed by atoms with Gasteiger partial charge in [-0.25, -0.2) is 0 Å². The molecular weight excluding hydrogens is 172 g/mol. The number of aliphatic hydroxyl groups is 2. The molecule has 0 atom stereocenters. The Hall–Kier alpha value is -0.610. The van der Waals surface area contributed by atoms with E-state index < -0.39 is 0 Å². The van der Waals surface area contributed by atoms with Crippen molar-refractivity contribution in [1.82, 2.24) is 0 Å². The molecule has 4 nitrogen and oxygen atoms in total. The summed E-state index contributed by atoms with van der Waals surface area (Å²) in [4.78, 5) is 10.6. The lowest BCUT2D eigenvalue weighted by molar-refractivity contribution is -0.154. The Bertz CT molecular complexity index is 124. The molecule has 2 N–H and O–H groups in total. The van der Waals surface area contributed by atoms with Gasteiger partial charge in [0.25, 0.3) is 0 Å². The van der Waals surface area contributed by atoms with Crippen molar-refractivity contribution < 1.29 is 19.7 Å². The van der Waals surface area contributed by atoms with E-state index in [4.69, 9.17) is 14.9 Å². The van der Waals surface area contributed by atoms with Crippen LogP contribution in [0.25, 0.3) is 0 Å². The van der Waals surface area contributed by atoms with E-state index in [0.29, 0.717) is 6.42 Å². The van der Waals surface area contributed by atoms with Gasteiger partial charge in [-0.15, -0.1) is 0 Å². The molecule has 0 aliphatic carbocycles. The number of carbonyl (C=O) groups is 1. The van der Waals surface area contributed by atoms with Gasteiger partial charge in [0.1, 0.15) is 5.60 Å². The Morgan fingerprint density at radius 1 is 1.23 bits per heavy atom. The van der Waals surface area contributed by atoms with Gasteiger partial charge in [-0.3, -0.25) is 4.79 Å². The summed E-state index contributed by atoms with van der Waals surface area (Å²) in [7, 11) is 0. The molecule has 0 radical (unpaired) electrons. The maximum Gasteiger partial charge on any atom is 0.306 e. The fourth-order valence-electron chi connectivity index (χ4n) is 0.414. The summed E-state index contributed by atoms with van der Waals surface area (Å²) in [5.74, 6) is -0.137. The van der Waals surface area contributed by atoms with Gasteiger partial charge in [-0.1, -0.05) is 6.92 Å². The highest BCUT2D eigenvalue weighted by Crippen LogP contribution is 2.07. The minimum Gasteiger partial charge on any atom is -0.460 e. The Labute approximate surface area is 79.5 Å². The smallest absolute Gasteiger partial charge is 0.306 e. The monoisotopic (exact) mass is 192 g/mol. The number of hydrogen-bond donors (Lipinski definition) is 2. The molecule has 0 aromatic carbocycles. The third kappa shape index (κ3) is 18.4. The predicted molar refractivity (Wildman–Crippen MR) is 50.3 cm³/mol. The summed E-state index contributed by atoms with van der Waals surface area (Å²) >= 11 is 0. The third-order valence-electron chi connectivity index (χ3n) is 0.809. The fourth-order valence-corrected chi connectivity index (χ4v) is 0.414. The first-order valence-electron chi connectivity index (χ1n) is 4.31. The van der Waals surface area contributed by atoms with Crippen LogP contribution in [0.4, 0.5) is 0 Å². The molecule has 0 aromatic heterocycles. The van der Waals surface area contributed by atoms with Crippen molar-refractivity contribution in [3.05, 3.63) is 0 Å². The SMILES string of the molecule is CCC(=O)OC(C)(C)C.OCCO. The van der Waals surface area contributed by atoms with Gasteiger partial charge in [0.2, 0.25) is 0 Å². The van der Waals surface area contributed by atoms with Gasteiger partial charge in [-0.05, 0) is 20.8 Å². The molecule has 13 heavy (non-hydrogen) atoms. The predicted octanol–water partition coefficient (Wildman–Crippen LogP) is 0.709. The molecule has 0 bridgehead atoms. The Kier molecular flexibility index (Phi) is 9.17. The first-order chi connectivity index (χ1) is 5.87. The van der Waals surface area contributed by atoms with Crippen LogP contribution in [0, 0.1) is 0 Å². The molecule has 0 spiro atoms. The van der Waals surface area contributed by atoms with Crippen LogP contribution in [0.5, 0.6) is 0 Å². The lowest BCUT2D eigenvalue weighted by atomic mass is 10.2. The second-order valence-corrected chi connectivity index (χ2v) is 3.39. The molecule has 0 fully saturated rings. The lowest BCUT2D eigenvalue weighted by Crippen LogP contribution is -2.23. The first kappa shape index (κ1) is 14.9. The molecule has 0 aliphatic rings. The second kappa shape index (κ2) is 8.01. The summed E-state index contributed by atoms with van der Waals surface area (Å²) in [6.45, 7) is 7.12. The fraction of sp³-hybridized carbons (Fsp3) is 0.889. The lowest BCUT2D eigenvalue weighted by Gasteiger charge is -2.18. The van der Waals surface area contributed by atoms with E-state index in [1.54, 1.807) is 6.92 Å². The van der Waals surface area contributed by atoms with E-state index in [1.165, 1.54) is 0 Å². The number of aliphatic hydroxyl groups excluding tert-OH is 2. The number of hydrogen-bond acceptors (Lipinski definition) is 4. The number of ether oxygens (including phenoxy) is 1. The zero-order valence-corrected chi connectivity index (χ0v) is 8.83. The normalized spacial score (nSPS) is 10.0. The van der Waals surface area contributed by atoms with E-state index in [1.807, 2.05) is 20.8 Å². The van der Waals surface area contributed by atoms with Crippen LogP contribution in [0.1, 0.15) is 34.1 Å². The molecule has 0 aromatic rings. The van der Waals surface area contributed by atoms with Crippen molar-refractivity contribution in [2.24, 2.45) is 0 Å². The Balaban J connectivity index is 0. The first-order valence-corrected chi connectivity index (χ1v) is 4.31. The standard InChI is InChI=1S/C7H14O2.C2H6O2/c1-5-6(8)9-7(2,3)4;3-1-2-4/h5H2,1-4H3;3-4H,1-2H2. The molecular formula is C9H20O4. The van der Waals surface area contributed by atoms with Crippen molar-refractivity contribution in [3.63, 3.8) is 0 Å². The van der Waals surface area contributed by atoms with Gasteiger partial charge in [0.15, 0.2) is 0 Å². The largest absolute Gasteiger partial charge is 0.460 e. The minimum atomic E-state index is -0.326. The van der Waals surface area contributed by atoms with Crippen LogP contribution in [0.3, 0.4) is 0 Å². The van der Waals surface area contributed by atoms with Crippen LogP contribution in [-0.4, -0.2) is 35.0 Å². The van der Waals surface area contributed by atoms with Gasteiger partial charge in [0, 0.05) is 6.42 Å². The molecule has 4 heteroatoms. The average molecular weight is 192 g/mol. The maximum absolute atomic E-state index is 10.6. The molecule has 0 amide bonds. The number of carbonyl (C=O) groups excluding carboxylic acids is 1. The van der Waals surface area contributed by atoms with Crippen molar-refractivity contribution >= 4 is 5.97 Å². The van der Waals surface area contributed by atoms with Crippen molar-refractivity contribution in [3.8, 4) is 0 Å². The minimum absolute atomic E-state index is 0.125. The van der Waals surface area contributed by atoms with Crippen LogP contribution in [0.2, 0.25) is 0 Å². The average Bonchev–Trinajstić information content (AvgIpc) is 2.02. The van der Waals surface area contributed by atoms with Gasteiger partial charge >= 0.3 is 5.97 Å². The van der Waals surface area contributed by atoms with E-state index in [0.717, 1.165) is 0 Å². The summed E-state index contributed by atoms with van der Waals surface area (Å²) in [5.41, 5.74) is -0.326. The third-order valence-corrected chi connectivity index (χ3v) is 0.809. The van der Waals surface area contributed by atoms with E-state index >= 15 is 0 Å². The summed E-state index contributed by atoms with van der Waals surface area (Å²) in [6.07, 6.45) is 0.456. The molecule has 0 saturated carbocycles. The number of esters is 1. The highest BCUT2D eigenvalue weighted by molar-refractivity contribution is 5.69. The Morgan fingerprint density at radius 2 is 1.62 bits per heavy atom. The zero-order valence-electron chi connectivity index (χ0n) is 8.83. The summed E-state index contributed by atoms with van der Waals surface area (Å²) in [5, 5.41) is 15.2. The molecule has 0 unspecified atom stereocenters. The van der Waals surface area contributed by atoms with Crippen LogP contribution < -0.4 is 0 Å². The topological polar surface area (TPSA) is 66.8 Å². The van der Waals surface area contributed by atoms with Crippen molar-refractivity contribution in [1.29, 1.82) is 0 Å². The maximum atomic E-state index is 10.6. The molecule has 0 saturated heterocycles. The highest BCUT2D eigenvalue weighted by atomic mass is 16.6. The zero-order chi connectivity index (χ0) is 10.9. The number of rotatable bonds is 2. The van der Waals surface area contributed by atoms with Gasteiger partial charge < -0.3 is 14.9 Å². The molecule has 0 rings (SSSR count). The summed E-state index contributed by atoms with van der Waals surface area (Å²) < 4.78 is 4.95. The quantitative estimate of drug-likeness (QED) is 0.632. The van der Waals surface area contributed by atoms with Gasteiger partial charge in [-0.2, -0.15) is 0 Å². The molecule has 0 aliphatic heterocycles. The van der Waals surface area contributed by atoms with Crippen molar-refractivity contribution in [2.45, 2.75) is 39.7 Å². The second-order valence-electron chi connectivity index (χ2n) is 3.39. The highest BCUT2D eigenvalue weighted by Gasteiger charge is 2.13. The van der Waals surface area contributed by atoms with E-state index in [-0.39, 0.29) is 24.8 Å². The van der Waals surface area contributed by atoms with Crippen LogP contribution in [-0.2, 0) is 9.53 Å². The molecule has 0 heterocycles. The summed E-state index contributed by atoms with van der Waals surface area (Å²) in [6, 6.07) is 0. The van der Waals surface area contributed by atoms with E-state index in [9.17, 15) is 4.79 Å². The van der Waals surface area contributed by atoms with Crippen molar-refractivity contribution in [2.75, 3.05) is 13.2 Å². The van der Waals surface area contributed by atoms with Crippen LogP contribution in [0.15, 0.2) is 0 Å². The molecule has 80 valence electrons. The van der Waals surface area contributed by atoms with Crippen LogP contribution >= 0.6 is 0 Å². The Morgan fingerprint density at radius 3 is 1.69 bits per heavy atom. The van der Waals surface area contributed by atoms with E-state index in [2.05, 4.69) is 0 Å².